The van der Waals surface area contributed by atoms with Gasteiger partial charge in [-0.25, -0.2) is 28.1 Å². The van der Waals surface area contributed by atoms with Gasteiger partial charge in [0.15, 0.2) is 11.6 Å². The Labute approximate surface area is 219 Å². The molecule has 4 aromatic rings. The van der Waals surface area contributed by atoms with E-state index in [2.05, 4.69) is 40.3 Å². The quantitative estimate of drug-likeness (QED) is 0.359. The fourth-order valence-corrected chi connectivity index (χ4v) is 5.25. The third kappa shape index (κ3) is 5.75. The van der Waals surface area contributed by atoms with Crippen molar-refractivity contribution in [1.82, 2.24) is 34.9 Å². The number of amides is 1. The predicted molar refractivity (Wildman–Crippen MR) is 139 cm³/mol. The molecule has 0 aliphatic carbocycles. The van der Waals surface area contributed by atoms with Gasteiger partial charge in [0, 0.05) is 30.5 Å². The molecule has 2 N–H and O–H groups in total. The standard InChI is InChI=1S/C24H26N10O3S/c1-16-12-21(28-17(2)27-16)32-38(36,37)20-7-5-19(6-8-20)29-24(35)18-4-3-11-33(13-18)22-9-10-23(31-30-22)34-15-25-14-26-34/h5-10,12,14-15,18H,3-4,11,13H2,1-2H3,(H,29,35)(H,27,28,32). The summed E-state index contributed by atoms with van der Waals surface area (Å²) < 4.78 is 29.6. The summed E-state index contributed by atoms with van der Waals surface area (Å²) in [5, 5.41) is 15.4. The second kappa shape index (κ2) is 10.5. The highest BCUT2D eigenvalue weighted by molar-refractivity contribution is 7.92. The van der Waals surface area contributed by atoms with Gasteiger partial charge in [-0.2, -0.15) is 5.10 Å². The molecule has 0 saturated carbocycles. The molecule has 1 unspecified atom stereocenters. The summed E-state index contributed by atoms with van der Waals surface area (Å²) in [6.45, 7) is 4.72. The van der Waals surface area contributed by atoms with Gasteiger partial charge in [0.25, 0.3) is 10.0 Å². The number of anilines is 3. The summed E-state index contributed by atoms with van der Waals surface area (Å²) in [7, 11) is -3.85. The molecule has 38 heavy (non-hydrogen) atoms. The lowest BCUT2D eigenvalue weighted by molar-refractivity contribution is -0.120. The molecule has 196 valence electrons. The van der Waals surface area contributed by atoms with Crippen molar-refractivity contribution >= 4 is 33.3 Å². The average molecular weight is 535 g/mol. The van der Waals surface area contributed by atoms with E-state index in [4.69, 9.17) is 0 Å². The molecule has 3 aromatic heterocycles. The van der Waals surface area contributed by atoms with Crippen LogP contribution in [0.15, 0.2) is 60.0 Å². The number of rotatable bonds is 7. The Morgan fingerprint density at radius 1 is 1.03 bits per heavy atom. The van der Waals surface area contributed by atoms with Gasteiger partial charge in [0.05, 0.1) is 10.8 Å². The van der Waals surface area contributed by atoms with Crippen molar-refractivity contribution in [2.75, 3.05) is 28.0 Å². The summed E-state index contributed by atoms with van der Waals surface area (Å²) in [6, 6.07) is 11.2. The zero-order chi connectivity index (χ0) is 26.7. The normalized spacial score (nSPS) is 15.7. The van der Waals surface area contributed by atoms with E-state index < -0.39 is 10.0 Å². The smallest absolute Gasteiger partial charge is 0.263 e. The largest absolute Gasteiger partial charge is 0.354 e. The SMILES string of the molecule is Cc1cc(NS(=O)(=O)c2ccc(NC(=O)C3CCCN(c4ccc(-n5cncn5)nn4)C3)cc2)nc(C)n1. The van der Waals surface area contributed by atoms with E-state index in [1.807, 2.05) is 11.0 Å². The molecule has 1 fully saturated rings. The highest BCUT2D eigenvalue weighted by Gasteiger charge is 2.27. The lowest BCUT2D eigenvalue weighted by atomic mass is 9.97. The summed E-state index contributed by atoms with van der Waals surface area (Å²) >= 11 is 0. The minimum atomic E-state index is -3.85. The Kier molecular flexibility index (Phi) is 6.96. The molecule has 1 aliphatic heterocycles. The number of hydrogen-bond acceptors (Lipinski definition) is 10. The molecular weight excluding hydrogens is 508 g/mol. The third-order valence-corrected chi connectivity index (χ3v) is 7.41. The van der Waals surface area contributed by atoms with Gasteiger partial charge in [-0.05, 0) is 63.1 Å². The van der Waals surface area contributed by atoms with Crippen LogP contribution >= 0.6 is 0 Å². The van der Waals surface area contributed by atoms with Gasteiger partial charge < -0.3 is 10.2 Å². The van der Waals surface area contributed by atoms with Crippen molar-refractivity contribution < 1.29 is 13.2 Å². The molecule has 13 nitrogen and oxygen atoms in total. The number of benzene rings is 1. The molecule has 0 spiro atoms. The van der Waals surface area contributed by atoms with E-state index in [0.717, 1.165) is 19.4 Å². The van der Waals surface area contributed by atoms with Gasteiger partial charge in [-0.1, -0.05) is 0 Å². The number of sulfonamides is 1. The van der Waals surface area contributed by atoms with Crippen LogP contribution in [0.4, 0.5) is 17.3 Å². The zero-order valence-corrected chi connectivity index (χ0v) is 21.6. The lowest BCUT2D eigenvalue weighted by Crippen LogP contribution is -2.41. The molecule has 1 aromatic carbocycles. The van der Waals surface area contributed by atoms with Gasteiger partial charge in [0.2, 0.25) is 5.91 Å². The van der Waals surface area contributed by atoms with Gasteiger partial charge in [-0.3, -0.25) is 9.52 Å². The second-order valence-corrected chi connectivity index (χ2v) is 10.6. The Balaban J connectivity index is 1.20. The summed E-state index contributed by atoms with van der Waals surface area (Å²) in [5.41, 5.74) is 1.17. The van der Waals surface area contributed by atoms with E-state index in [-0.39, 0.29) is 22.5 Å². The first-order valence-electron chi connectivity index (χ1n) is 12.0. The molecule has 14 heteroatoms. The van der Waals surface area contributed by atoms with Crippen LogP contribution in [0.1, 0.15) is 24.4 Å². The van der Waals surface area contributed by atoms with Crippen LogP contribution in [0.3, 0.4) is 0 Å². The summed E-state index contributed by atoms with van der Waals surface area (Å²) in [5.74, 6) is 1.52. The fourth-order valence-electron chi connectivity index (χ4n) is 4.26. The van der Waals surface area contributed by atoms with E-state index in [0.29, 0.717) is 35.4 Å². The lowest BCUT2D eigenvalue weighted by Gasteiger charge is -2.32. The molecule has 5 rings (SSSR count). The number of nitrogens with zero attached hydrogens (tertiary/aromatic N) is 8. The average Bonchev–Trinajstić information content (AvgIpc) is 3.43. The first-order chi connectivity index (χ1) is 18.3. The first-order valence-corrected chi connectivity index (χ1v) is 13.4. The monoisotopic (exact) mass is 534 g/mol. The van der Waals surface area contributed by atoms with Crippen LogP contribution in [-0.4, -0.2) is 62.3 Å². The molecule has 1 amide bonds. The molecule has 1 aliphatic rings. The van der Waals surface area contributed by atoms with E-state index in [1.54, 1.807) is 44.4 Å². The maximum absolute atomic E-state index is 13.0. The minimum absolute atomic E-state index is 0.0566. The molecule has 0 bridgehead atoms. The Morgan fingerprint density at radius 2 is 1.79 bits per heavy atom. The number of carbonyl (C=O) groups excluding carboxylic acids is 1. The third-order valence-electron chi connectivity index (χ3n) is 6.04. The van der Waals surface area contributed by atoms with Crippen molar-refractivity contribution in [2.45, 2.75) is 31.6 Å². The minimum Gasteiger partial charge on any atom is -0.354 e. The van der Waals surface area contributed by atoms with Crippen LogP contribution < -0.4 is 14.9 Å². The Hall–Kier alpha value is -4.46. The van der Waals surface area contributed by atoms with Gasteiger partial charge in [0.1, 0.15) is 24.3 Å². The van der Waals surface area contributed by atoms with Crippen LogP contribution in [0, 0.1) is 19.8 Å². The van der Waals surface area contributed by atoms with Crippen molar-refractivity contribution in [3.05, 3.63) is 66.6 Å². The van der Waals surface area contributed by atoms with Crippen LogP contribution in [0.5, 0.6) is 0 Å². The maximum atomic E-state index is 13.0. The number of aromatic nitrogens is 7. The summed E-state index contributed by atoms with van der Waals surface area (Å²) in [4.78, 5) is 27.3. The fraction of sp³-hybridized carbons (Fsp3) is 0.292. The molecule has 1 atom stereocenters. The molecule has 1 saturated heterocycles. The van der Waals surface area contributed by atoms with Gasteiger partial charge >= 0.3 is 0 Å². The van der Waals surface area contributed by atoms with Gasteiger partial charge in [-0.15, -0.1) is 10.2 Å². The number of carbonyl (C=O) groups is 1. The van der Waals surface area contributed by atoms with Crippen LogP contribution in [0.25, 0.3) is 5.82 Å². The summed E-state index contributed by atoms with van der Waals surface area (Å²) in [6.07, 6.45) is 4.54. The van der Waals surface area contributed by atoms with E-state index in [9.17, 15) is 13.2 Å². The number of nitrogens with one attached hydrogen (secondary N) is 2. The second-order valence-electron chi connectivity index (χ2n) is 8.94. The zero-order valence-electron chi connectivity index (χ0n) is 20.8. The van der Waals surface area contributed by atoms with E-state index >= 15 is 0 Å². The Bertz CT molecular complexity index is 1500. The molecule has 0 radical (unpaired) electrons. The van der Waals surface area contributed by atoms with Crippen LogP contribution in [0.2, 0.25) is 0 Å². The van der Waals surface area contributed by atoms with Crippen molar-refractivity contribution in [1.29, 1.82) is 0 Å². The van der Waals surface area contributed by atoms with Crippen molar-refractivity contribution in [3.8, 4) is 5.82 Å². The van der Waals surface area contributed by atoms with Crippen LogP contribution in [-0.2, 0) is 14.8 Å². The highest BCUT2D eigenvalue weighted by Crippen LogP contribution is 2.24. The molecule has 4 heterocycles. The number of aryl methyl sites for hydroxylation is 2. The number of piperidine rings is 1. The maximum Gasteiger partial charge on any atom is 0.263 e. The topological polar surface area (TPSA) is 161 Å². The predicted octanol–water partition coefficient (Wildman–Crippen LogP) is 2.12. The highest BCUT2D eigenvalue weighted by atomic mass is 32.2. The number of hydrogen-bond donors (Lipinski definition) is 2. The Morgan fingerprint density at radius 3 is 2.47 bits per heavy atom. The first kappa shape index (κ1) is 25.2. The van der Waals surface area contributed by atoms with Crippen molar-refractivity contribution in [2.24, 2.45) is 5.92 Å². The molecular formula is C24H26N10O3S. The van der Waals surface area contributed by atoms with E-state index in [1.165, 1.54) is 23.1 Å². The van der Waals surface area contributed by atoms with Crippen molar-refractivity contribution in [3.63, 3.8) is 0 Å².